The summed E-state index contributed by atoms with van der Waals surface area (Å²) in [6.07, 6.45) is 0.248. The Morgan fingerprint density at radius 1 is 1.53 bits per heavy atom. The number of halogens is 1. The van der Waals surface area contributed by atoms with Crippen LogP contribution in [0.25, 0.3) is 0 Å². The Labute approximate surface area is 94.2 Å². The van der Waals surface area contributed by atoms with Crippen LogP contribution in [0.2, 0.25) is 5.02 Å². The number of Topliss-reactive ketones (excluding diaryl/α,β-unsaturated/α-hetero) is 1. The first-order chi connectivity index (χ1) is 7.15. The zero-order valence-electron chi connectivity index (χ0n) is 8.57. The number of methoxy groups -OCH3 is 1. The van der Waals surface area contributed by atoms with Crippen molar-refractivity contribution in [2.45, 2.75) is 12.5 Å². The van der Waals surface area contributed by atoms with Crippen molar-refractivity contribution in [1.82, 2.24) is 0 Å². The van der Waals surface area contributed by atoms with Gasteiger partial charge in [-0.25, -0.2) is 0 Å². The first kappa shape index (κ1) is 12.2. The first-order valence-corrected chi connectivity index (χ1v) is 5.05. The lowest BCUT2D eigenvalue weighted by atomic mass is 10.0. The number of rotatable bonds is 5. The molecule has 0 aliphatic carbocycles. The highest BCUT2D eigenvalue weighted by molar-refractivity contribution is 6.33. The van der Waals surface area contributed by atoms with Crippen LogP contribution in [0.4, 0.5) is 0 Å². The quantitative estimate of drug-likeness (QED) is 0.782. The predicted molar refractivity (Wildman–Crippen MR) is 60.3 cm³/mol. The Hall–Kier alpha value is -0.900. The maximum absolute atomic E-state index is 11.7. The Bertz CT molecular complexity index is 341. The maximum Gasteiger partial charge on any atom is 0.166 e. The number of ether oxygens (including phenoxy) is 1. The minimum atomic E-state index is -0.279. The minimum absolute atomic E-state index is 0.0508. The van der Waals surface area contributed by atoms with Gasteiger partial charge in [-0.15, -0.1) is 0 Å². The maximum atomic E-state index is 11.7. The average molecular weight is 228 g/mol. The van der Waals surface area contributed by atoms with Gasteiger partial charge in [0.25, 0.3) is 0 Å². The summed E-state index contributed by atoms with van der Waals surface area (Å²) in [6.45, 7) is 0.371. The van der Waals surface area contributed by atoms with Gasteiger partial charge in [-0.05, 0) is 12.1 Å². The molecule has 0 amide bonds. The van der Waals surface area contributed by atoms with Crippen LogP contribution in [-0.4, -0.2) is 25.5 Å². The standard InChI is InChI=1S/C11H14ClNO2/c1-15-7-8(13)6-11(14)9-4-2-3-5-10(9)12/h2-5,8H,6-7,13H2,1H3. The van der Waals surface area contributed by atoms with Crippen molar-refractivity contribution in [2.24, 2.45) is 5.73 Å². The van der Waals surface area contributed by atoms with Gasteiger partial charge in [-0.2, -0.15) is 0 Å². The van der Waals surface area contributed by atoms with Crippen LogP contribution < -0.4 is 5.73 Å². The third-order valence-electron chi connectivity index (χ3n) is 2.00. The van der Waals surface area contributed by atoms with Gasteiger partial charge in [0.2, 0.25) is 0 Å². The van der Waals surface area contributed by atoms with E-state index in [4.69, 9.17) is 22.1 Å². The van der Waals surface area contributed by atoms with Gasteiger partial charge in [-0.1, -0.05) is 23.7 Å². The third kappa shape index (κ3) is 3.63. The topological polar surface area (TPSA) is 52.3 Å². The van der Waals surface area contributed by atoms with Crippen molar-refractivity contribution in [3.05, 3.63) is 34.9 Å². The Balaban J connectivity index is 2.65. The smallest absolute Gasteiger partial charge is 0.166 e. The molecule has 1 atom stereocenters. The molecule has 82 valence electrons. The molecule has 0 spiro atoms. The second kappa shape index (κ2) is 5.85. The average Bonchev–Trinajstić information content (AvgIpc) is 2.18. The Morgan fingerprint density at radius 2 is 2.20 bits per heavy atom. The molecule has 0 fully saturated rings. The molecule has 0 bridgehead atoms. The fraction of sp³-hybridized carbons (Fsp3) is 0.364. The largest absolute Gasteiger partial charge is 0.383 e. The summed E-state index contributed by atoms with van der Waals surface area (Å²) in [7, 11) is 1.56. The highest BCUT2D eigenvalue weighted by Crippen LogP contribution is 2.17. The molecule has 1 aromatic carbocycles. The molecule has 1 aromatic rings. The molecule has 0 saturated heterocycles. The van der Waals surface area contributed by atoms with Crippen LogP contribution in [0.1, 0.15) is 16.8 Å². The summed E-state index contributed by atoms with van der Waals surface area (Å²) in [5.74, 6) is -0.0508. The number of carbonyl (C=O) groups is 1. The highest BCUT2D eigenvalue weighted by atomic mass is 35.5. The van der Waals surface area contributed by atoms with E-state index in [0.29, 0.717) is 17.2 Å². The predicted octanol–water partition coefficient (Wildman–Crippen LogP) is 1.89. The fourth-order valence-electron chi connectivity index (χ4n) is 1.31. The van der Waals surface area contributed by atoms with Crippen LogP contribution >= 0.6 is 11.6 Å². The molecule has 0 aliphatic rings. The first-order valence-electron chi connectivity index (χ1n) is 4.67. The molecule has 2 N–H and O–H groups in total. The Kier molecular flexibility index (Phi) is 4.75. The van der Waals surface area contributed by atoms with Gasteiger partial charge >= 0.3 is 0 Å². The Morgan fingerprint density at radius 3 is 2.80 bits per heavy atom. The molecular weight excluding hydrogens is 214 g/mol. The monoisotopic (exact) mass is 227 g/mol. The number of hydrogen-bond acceptors (Lipinski definition) is 3. The van der Waals surface area contributed by atoms with Gasteiger partial charge in [-0.3, -0.25) is 4.79 Å². The van der Waals surface area contributed by atoms with E-state index in [9.17, 15) is 4.79 Å². The van der Waals surface area contributed by atoms with E-state index >= 15 is 0 Å². The molecule has 0 aliphatic heterocycles. The van der Waals surface area contributed by atoms with Crippen molar-refractivity contribution in [3.8, 4) is 0 Å². The zero-order chi connectivity index (χ0) is 11.3. The number of carbonyl (C=O) groups excluding carboxylic acids is 1. The van der Waals surface area contributed by atoms with Crippen LogP contribution in [0.15, 0.2) is 24.3 Å². The molecule has 0 radical (unpaired) electrons. The molecule has 1 unspecified atom stereocenters. The van der Waals surface area contributed by atoms with Crippen molar-refractivity contribution in [1.29, 1.82) is 0 Å². The van der Waals surface area contributed by atoms with E-state index in [1.165, 1.54) is 0 Å². The molecule has 0 aromatic heterocycles. The molecule has 3 nitrogen and oxygen atoms in total. The summed E-state index contributed by atoms with van der Waals surface area (Å²) in [6, 6.07) is 6.68. The SMILES string of the molecule is COCC(N)CC(=O)c1ccccc1Cl. The van der Waals surface area contributed by atoms with Gasteiger partial charge in [0.15, 0.2) is 5.78 Å². The minimum Gasteiger partial charge on any atom is -0.383 e. The number of nitrogens with two attached hydrogens (primary N) is 1. The van der Waals surface area contributed by atoms with E-state index < -0.39 is 0 Å². The van der Waals surface area contributed by atoms with Crippen molar-refractivity contribution in [2.75, 3.05) is 13.7 Å². The zero-order valence-corrected chi connectivity index (χ0v) is 9.33. The normalized spacial score (nSPS) is 12.5. The second-order valence-corrected chi connectivity index (χ2v) is 3.73. The number of ketones is 1. The second-order valence-electron chi connectivity index (χ2n) is 3.32. The van der Waals surface area contributed by atoms with Gasteiger partial charge in [0, 0.05) is 25.1 Å². The third-order valence-corrected chi connectivity index (χ3v) is 2.33. The summed E-state index contributed by atoms with van der Waals surface area (Å²) in [5, 5.41) is 0.465. The molecule has 15 heavy (non-hydrogen) atoms. The molecule has 0 saturated carbocycles. The summed E-state index contributed by atoms with van der Waals surface area (Å²) in [4.78, 5) is 11.7. The molecule has 1 rings (SSSR count). The highest BCUT2D eigenvalue weighted by Gasteiger charge is 2.13. The van der Waals surface area contributed by atoms with Gasteiger partial charge < -0.3 is 10.5 Å². The van der Waals surface area contributed by atoms with Crippen LogP contribution in [-0.2, 0) is 4.74 Å². The summed E-state index contributed by atoms with van der Waals surface area (Å²) >= 11 is 5.89. The van der Waals surface area contributed by atoms with E-state index in [-0.39, 0.29) is 18.2 Å². The molecular formula is C11H14ClNO2. The molecule has 0 heterocycles. The van der Waals surface area contributed by atoms with Crippen molar-refractivity contribution in [3.63, 3.8) is 0 Å². The van der Waals surface area contributed by atoms with E-state index in [1.807, 2.05) is 0 Å². The fourth-order valence-corrected chi connectivity index (χ4v) is 1.55. The van der Waals surface area contributed by atoms with E-state index in [0.717, 1.165) is 0 Å². The van der Waals surface area contributed by atoms with E-state index in [2.05, 4.69) is 0 Å². The van der Waals surface area contributed by atoms with Gasteiger partial charge in [0.05, 0.1) is 11.6 Å². The lowest BCUT2D eigenvalue weighted by Gasteiger charge is -2.09. The molecule has 4 heteroatoms. The summed E-state index contributed by atoms with van der Waals surface area (Å²) < 4.78 is 4.86. The van der Waals surface area contributed by atoms with Gasteiger partial charge in [0.1, 0.15) is 0 Å². The lowest BCUT2D eigenvalue weighted by molar-refractivity contribution is 0.0949. The van der Waals surface area contributed by atoms with Crippen LogP contribution in [0.5, 0.6) is 0 Å². The van der Waals surface area contributed by atoms with E-state index in [1.54, 1.807) is 31.4 Å². The number of hydrogen-bond donors (Lipinski definition) is 1. The van der Waals surface area contributed by atoms with Crippen LogP contribution in [0, 0.1) is 0 Å². The summed E-state index contributed by atoms with van der Waals surface area (Å²) in [5.41, 5.74) is 6.20. The van der Waals surface area contributed by atoms with Crippen molar-refractivity contribution < 1.29 is 9.53 Å². The lowest BCUT2D eigenvalue weighted by Crippen LogP contribution is -2.28. The number of benzene rings is 1. The van der Waals surface area contributed by atoms with Crippen molar-refractivity contribution >= 4 is 17.4 Å². The van der Waals surface area contributed by atoms with Crippen LogP contribution in [0.3, 0.4) is 0 Å².